The summed E-state index contributed by atoms with van der Waals surface area (Å²) in [6.07, 6.45) is 0. The molecule has 0 bridgehead atoms. The molecule has 84 valence electrons. The summed E-state index contributed by atoms with van der Waals surface area (Å²) in [6, 6.07) is 2.03. The molecular weight excluding hydrogens is 220 g/mol. The first kappa shape index (κ1) is 11.1. The molecule has 0 aliphatic heterocycles. The van der Waals surface area contributed by atoms with Crippen LogP contribution in [0.2, 0.25) is 0 Å². The van der Waals surface area contributed by atoms with Crippen molar-refractivity contribution in [2.45, 2.75) is 25.9 Å². The molecule has 0 unspecified atom stereocenters. The summed E-state index contributed by atoms with van der Waals surface area (Å²) in [7, 11) is 0. The Balaban J connectivity index is 2.43. The lowest BCUT2D eigenvalue weighted by Crippen LogP contribution is -1.98. The average molecular weight is 234 g/mol. The Morgan fingerprint density at radius 1 is 1.44 bits per heavy atom. The standard InChI is InChI=1S/C11H14N4S/c1-7(2)6-16-11-14-13-10-12-8(3)5-9(4)15(10)11/h5H,1,6H2,2-4H3. The Morgan fingerprint density at radius 2 is 2.19 bits per heavy atom. The van der Waals surface area contributed by atoms with E-state index in [0.29, 0.717) is 5.78 Å². The zero-order valence-electron chi connectivity index (χ0n) is 9.69. The van der Waals surface area contributed by atoms with E-state index in [1.807, 2.05) is 31.2 Å². The number of hydrogen-bond donors (Lipinski definition) is 0. The molecule has 0 fully saturated rings. The largest absolute Gasteiger partial charge is 0.259 e. The number of rotatable bonds is 3. The van der Waals surface area contributed by atoms with Crippen molar-refractivity contribution in [3.05, 3.63) is 29.6 Å². The highest BCUT2D eigenvalue weighted by molar-refractivity contribution is 7.99. The van der Waals surface area contributed by atoms with Crippen LogP contribution < -0.4 is 0 Å². The molecule has 0 aromatic carbocycles. The number of nitrogens with zero attached hydrogens (tertiary/aromatic N) is 4. The molecule has 0 spiro atoms. The van der Waals surface area contributed by atoms with Crippen LogP contribution in [0.15, 0.2) is 23.4 Å². The van der Waals surface area contributed by atoms with Crippen molar-refractivity contribution in [2.24, 2.45) is 0 Å². The monoisotopic (exact) mass is 234 g/mol. The van der Waals surface area contributed by atoms with Gasteiger partial charge in [0.1, 0.15) is 0 Å². The maximum atomic E-state index is 4.34. The lowest BCUT2D eigenvalue weighted by Gasteiger charge is -2.03. The zero-order valence-corrected chi connectivity index (χ0v) is 10.5. The van der Waals surface area contributed by atoms with Crippen molar-refractivity contribution in [1.29, 1.82) is 0 Å². The van der Waals surface area contributed by atoms with Crippen LogP contribution in [-0.4, -0.2) is 25.3 Å². The van der Waals surface area contributed by atoms with E-state index >= 15 is 0 Å². The minimum Gasteiger partial charge on any atom is -0.259 e. The van der Waals surface area contributed by atoms with Crippen molar-refractivity contribution in [1.82, 2.24) is 19.6 Å². The van der Waals surface area contributed by atoms with E-state index in [4.69, 9.17) is 0 Å². The van der Waals surface area contributed by atoms with E-state index in [-0.39, 0.29) is 0 Å². The first-order valence-corrected chi connectivity index (χ1v) is 6.03. The van der Waals surface area contributed by atoms with Gasteiger partial charge in [0.05, 0.1) is 0 Å². The minimum atomic E-state index is 0.668. The molecule has 0 saturated carbocycles. The minimum absolute atomic E-state index is 0.668. The number of aryl methyl sites for hydroxylation is 2. The molecule has 5 heteroatoms. The van der Waals surface area contributed by atoms with Gasteiger partial charge in [-0.3, -0.25) is 4.40 Å². The van der Waals surface area contributed by atoms with Crippen LogP contribution in [0, 0.1) is 13.8 Å². The summed E-state index contributed by atoms with van der Waals surface area (Å²) in [5, 5.41) is 9.09. The number of hydrogen-bond acceptors (Lipinski definition) is 4. The van der Waals surface area contributed by atoms with Gasteiger partial charge in [0, 0.05) is 17.1 Å². The van der Waals surface area contributed by atoms with Gasteiger partial charge in [0.25, 0.3) is 5.78 Å². The highest BCUT2D eigenvalue weighted by atomic mass is 32.2. The Hall–Kier alpha value is -1.36. The van der Waals surface area contributed by atoms with Gasteiger partial charge in [0.15, 0.2) is 5.16 Å². The summed E-state index contributed by atoms with van der Waals surface area (Å²) in [4.78, 5) is 4.34. The lowest BCUT2D eigenvalue weighted by atomic mass is 10.3. The topological polar surface area (TPSA) is 43.1 Å². The van der Waals surface area contributed by atoms with Crippen molar-refractivity contribution in [3.8, 4) is 0 Å². The first-order chi connectivity index (χ1) is 7.58. The molecule has 0 amide bonds. The smallest absolute Gasteiger partial charge is 0.256 e. The second-order valence-electron chi connectivity index (χ2n) is 3.90. The highest BCUT2D eigenvalue weighted by Crippen LogP contribution is 2.19. The van der Waals surface area contributed by atoms with Crippen molar-refractivity contribution >= 4 is 17.5 Å². The van der Waals surface area contributed by atoms with Crippen LogP contribution in [0.1, 0.15) is 18.3 Å². The molecule has 4 nitrogen and oxygen atoms in total. The summed E-state index contributed by atoms with van der Waals surface area (Å²) in [6.45, 7) is 9.88. The molecule has 0 aliphatic rings. The summed E-state index contributed by atoms with van der Waals surface area (Å²) >= 11 is 1.63. The molecule has 2 heterocycles. The quantitative estimate of drug-likeness (QED) is 0.604. The third-order valence-corrected chi connectivity index (χ3v) is 3.27. The van der Waals surface area contributed by atoms with Crippen LogP contribution in [-0.2, 0) is 0 Å². The molecule has 0 atom stereocenters. The molecule has 16 heavy (non-hydrogen) atoms. The second kappa shape index (κ2) is 4.25. The third kappa shape index (κ3) is 2.09. The molecule has 2 aromatic rings. The van der Waals surface area contributed by atoms with E-state index in [0.717, 1.165) is 27.9 Å². The van der Waals surface area contributed by atoms with Gasteiger partial charge in [-0.1, -0.05) is 23.9 Å². The fourth-order valence-corrected chi connectivity index (χ4v) is 2.31. The molecule has 0 aliphatic carbocycles. The maximum Gasteiger partial charge on any atom is 0.256 e. The normalized spacial score (nSPS) is 10.9. The molecule has 2 rings (SSSR count). The molecule has 2 aromatic heterocycles. The van der Waals surface area contributed by atoms with Crippen molar-refractivity contribution in [2.75, 3.05) is 5.75 Å². The predicted molar refractivity (Wildman–Crippen MR) is 65.8 cm³/mol. The van der Waals surface area contributed by atoms with Gasteiger partial charge in [-0.05, 0) is 26.8 Å². The third-order valence-electron chi connectivity index (χ3n) is 2.11. The van der Waals surface area contributed by atoms with Crippen molar-refractivity contribution < 1.29 is 0 Å². The summed E-state index contributed by atoms with van der Waals surface area (Å²) < 4.78 is 1.97. The highest BCUT2D eigenvalue weighted by Gasteiger charge is 2.09. The molecule has 0 N–H and O–H groups in total. The predicted octanol–water partition coefficient (Wildman–Crippen LogP) is 2.41. The van der Waals surface area contributed by atoms with E-state index in [1.165, 1.54) is 0 Å². The van der Waals surface area contributed by atoms with E-state index in [1.54, 1.807) is 11.8 Å². The fraction of sp³-hybridized carbons (Fsp3) is 0.364. The van der Waals surface area contributed by atoms with Crippen LogP contribution in [0.4, 0.5) is 0 Å². The molecule has 0 saturated heterocycles. The van der Waals surface area contributed by atoms with Gasteiger partial charge < -0.3 is 0 Å². The Bertz CT molecular complexity index is 544. The zero-order chi connectivity index (χ0) is 11.7. The van der Waals surface area contributed by atoms with Gasteiger partial charge in [0.2, 0.25) is 0 Å². The van der Waals surface area contributed by atoms with E-state index in [9.17, 15) is 0 Å². The summed E-state index contributed by atoms with van der Waals surface area (Å²) in [5.41, 5.74) is 3.20. The molecular formula is C11H14N4S. The van der Waals surface area contributed by atoms with Crippen LogP contribution in [0.5, 0.6) is 0 Å². The Morgan fingerprint density at radius 3 is 2.88 bits per heavy atom. The van der Waals surface area contributed by atoms with Gasteiger partial charge in [-0.2, -0.15) is 0 Å². The van der Waals surface area contributed by atoms with Gasteiger partial charge in [-0.15, -0.1) is 10.2 Å². The van der Waals surface area contributed by atoms with Gasteiger partial charge >= 0.3 is 0 Å². The lowest BCUT2D eigenvalue weighted by molar-refractivity contribution is 0.887. The molecule has 0 radical (unpaired) electrons. The average Bonchev–Trinajstić information content (AvgIpc) is 2.57. The van der Waals surface area contributed by atoms with E-state index in [2.05, 4.69) is 21.8 Å². The SMILES string of the molecule is C=C(C)CSc1nnc2nc(C)cc(C)n12. The Labute approximate surface area is 98.8 Å². The van der Waals surface area contributed by atoms with Crippen LogP contribution >= 0.6 is 11.8 Å². The maximum absolute atomic E-state index is 4.34. The number of aromatic nitrogens is 4. The van der Waals surface area contributed by atoms with E-state index < -0.39 is 0 Å². The van der Waals surface area contributed by atoms with Crippen LogP contribution in [0.3, 0.4) is 0 Å². The second-order valence-corrected chi connectivity index (χ2v) is 4.85. The first-order valence-electron chi connectivity index (χ1n) is 5.04. The van der Waals surface area contributed by atoms with Crippen molar-refractivity contribution in [3.63, 3.8) is 0 Å². The fourth-order valence-electron chi connectivity index (χ4n) is 1.48. The summed E-state index contributed by atoms with van der Waals surface area (Å²) in [5.74, 6) is 1.52. The van der Waals surface area contributed by atoms with Crippen LogP contribution in [0.25, 0.3) is 5.78 Å². The number of thioether (sulfide) groups is 1. The Kier molecular flexibility index (Phi) is 2.96. The van der Waals surface area contributed by atoms with Gasteiger partial charge in [-0.25, -0.2) is 4.98 Å². The number of fused-ring (bicyclic) bond motifs is 1.